The summed E-state index contributed by atoms with van der Waals surface area (Å²) in [5.74, 6) is -0.999. The van der Waals surface area contributed by atoms with Gasteiger partial charge in [0, 0.05) is 37.3 Å². The van der Waals surface area contributed by atoms with E-state index in [9.17, 15) is 8.78 Å². The predicted octanol–water partition coefficient (Wildman–Crippen LogP) is 3.32. The zero-order chi connectivity index (χ0) is 14.8. The number of nitrogens with one attached hydrogen (secondary N) is 1. The molecule has 1 aromatic rings. The Morgan fingerprint density at radius 2 is 1.90 bits per heavy atom. The van der Waals surface area contributed by atoms with E-state index in [1.165, 1.54) is 12.1 Å². The Bertz CT molecular complexity index is 444. The Labute approximate surface area is 120 Å². The van der Waals surface area contributed by atoms with Gasteiger partial charge in [-0.1, -0.05) is 13.8 Å². The molecular weight excluding hydrogens is 258 g/mol. The van der Waals surface area contributed by atoms with Crippen molar-refractivity contribution in [3.05, 3.63) is 35.4 Å². The van der Waals surface area contributed by atoms with Gasteiger partial charge in [-0.3, -0.25) is 4.90 Å². The Hall–Kier alpha value is -1.00. The number of nitrogens with zero attached hydrogens (tertiary/aromatic N) is 1. The fourth-order valence-corrected chi connectivity index (χ4v) is 2.83. The van der Waals surface area contributed by atoms with Gasteiger partial charge in [0.25, 0.3) is 0 Å². The molecule has 1 aliphatic rings. The average molecular weight is 282 g/mol. The second kappa shape index (κ2) is 6.19. The Morgan fingerprint density at radius 1 is 1.25 bits per heavy atom. The summed E-state index contributed by atoms with van der Waals surface area (Å²) >= 11 is 0. The zero-order valence-corrected chi connectivity index (χ0v) is 12.5. The molecule has 112 valence electrons. The molecule has 1 fully saturated rings. The van der Waals surface area contributed by atoms with E-state index < -0.39 is 11.6 Å². The Balaban J connectivity index is 2.18. The number of benzene rings is 1. The third kappa shape index (κ3) is 3.36. The lowest BCUT2D eigenvalue weighted by atomic mass is 9.91. The predicted molar refractivity (Wildman–Crippen MR) is 77.5 cm³/mol. The first kappa shape index (κ1) is 15.4. The molecule has 0 aliphatic carbocycles. The van der Waals surface area contributed by atoms with E-state index in [0.717, 1.165) is 32.0 Å². The molecule has 1 N–H and O–H groups in total. The first-order valence-electron chi connectivity index (χ1n) is 7.40. The van der Waals surface area contributed by atoms with Gasteiger partial charge in [-0.15, -0.1) is 0 Å². The lowest BCUT2D eigenvalue weighted by Gasteiger charge is -2.48. The number of halogens is 2. The van der Waals surface area contributed by atoms with Gasteiger partial charge >= 0.3 is 0 Å². The number of hydrogen-bond donors (Lipinski definition) is 1. The monoisotopic (exact) mass is 282 g/mol. The van der Waals surface area contributed by atoms with E-state index in [0.29, 0.717) is 18.2 Å². The van der Waals surface area contributed by atoms with E-state index in [2.05, 4.69) is 31.0 Å². The van der Waals surface area contributed by atoms with Gasteiger partial charge in [-0.2, -0.15) is 0 Å². The third-order valence-electron chi connectivity index (χ3n) is 4.53. The maximum absolute atomic E-state index is 13.3. The van der Waals surface area contributed by atoms with Gasteiger partial charge in [0.05, 0.1) is 0 Å². The molecule has 1 aromatic carbocycles. The van der Waals surface area contributed by atoms with Crippen LogP contribution in [0, 0.1) is 11.6 Å². The summed E-state index contributed by atoms with van der Waals surface area (Å²) in [7, 11) is 0. The van der Waals surface area contributed by atoms with Crippen LogP contribution in [0.1, 0.15) is 39.2 Å². The molecule has 1 aliphatic heterocycles. The number of hydrogen-bond acceptors (Lipinski definition) is 2. The van der Waals surface area contributed by atoms with Crippen LogP contribution in [0.2, 0.25) is 0 Å². The molecule has 0 aromatic heterocycles. The molecule has 0 saturated carbocycles. The summed E-state index contributed by atoms with van der Waals surface area (Å²) < 4.78 is 26.7. The summed E-state index contributed by atoms with van der Waals surface area (Å²) in [6.07, 6.45) is 2.07. The van der Waals surface area contributed by atoms with Crippen molar-refractivity contribution < 1.29 is 8.78 Å². The van der Waals surface area contributed by atoms with Gasteiger partial charge in [-0.25, -0.2) is 8.78 Å². The molecule has 2 nitrogen and oxygen atoms in total. The van der Waals surface area contributed by atoms with E-state index in [4.69, 9.17) is 0 Å². The lowest BCUT2D eigenvalue weighted by molar-refractivity contribution is 0.0407. The Morgan fingerprint density at radius 3 is 2.45 bits per heavy atom. The van der Waals surface area contributed by atoms with Crippen LogP contribution in [0.4, 0.5) is 8.78 Å². The summed E-state index contributed by atoms with van der Waals surface area (Å²) in [6.45, 7) is 8.96. The molecule has 0 amide bonds. The van der Waals surface area contributed by atoms with Crippen molar-refractivity contribution in [1.29, 1.82) is 0 Å². The number of rotatable bonds is 4. The second-order valence-electron chi connectivity index (χ2n) is 5.99. The van der Waals surface area contributed by atoms with Crippen LogP contribution in [0.15, 0.2) is 18.2 Å². The molecule has 2 rings (SSSR count). The molecule has 0 radical (unpaired) electrons. The molecule has 0 spiro atoms. The highest BCUT2D eigenvalue weighted by molar-refractivity contribution is 5.18. The zero-order valence-electron chi connectivity index (χ0n) is 12.5. The quantitative estimate of drug-likeness (QED) is 0.911. The molecular formula is C16H24F2N2. The van der Waals surface area contributed by atoms with E-state index in [1.54, 1.807) is 0 Å². The van der Waals surface area contributed by atoms with Crippen LogP contribution in [0.3, 0.4) is 0 Å². The maximum Gasteiger partial charge on any atom is 0.126 e. The van der Waals surface area contributed by atoms with Crippen LogP contribution >= 0.6 is 0 Å². The van der Waals surface area contributed by atoms with Crippen molar-refractivity contribution in [1.82, 2.24) is 10.2 Å². The highest BCUT2D eigenvalue weighted by atomic mass is 19.1. The van der Waals surface area contributed by atoms with Crippen LogP contribution in [0.25, 0.3) is 0 Å². The second-order valence-corrected chi connectivity index (χ2v) is 5.99. The third-order valence-corrected chi connectivity index (χ3v) is 4.53. The van der Waals surface area contributed by atoms with Crippen LogP contribution in [-0.2, 0) is 6.54 Å². The summed E-state index contributed by atoms with van der Waals surface area (Å²) in [4.78, 5) is 2.35. The van der Waals surface area contributed by atoms with Gasteiger partial charge in [0.15, 0.2) is 0 Å². The molecule has 0 bridgehead atoms. The summed E-state index contributed by atoms with van der Waals surface area (Å²) in [6, 6.07) is 4.24. The van der Waals surface area contributed by atoms with E-state index >= 15 is 0 Å². The van der Waals surface area contributed by atoms with Crippen molar-refractivity contribution >= 4 is 0 Å². The van der Waals surface area contributed by atoms with Crippen LogP contribution < -0.4 is 5.32 Å². The smallest absolute Gasteiger partial charge is 0.126 e. The van der Waals surface area contributed by atoms with Crippen molar-refractivity contribution in [2.45, 2.75) is 51.7 Å². The van der Waals surface area contributed by atoms with Gasteiger partial charge in [-0.05, 0) is 37.5 Å². The minimum Gasteiger partial charge on any atom is -0.311 e. The Kier molecular flexibility index (Phi) is 4.76. The van der Waals surface area contributed by atoms with E-state index in [1.807, 2.05) is 0 Å². The molecule has 1 saturated heterocycles. The first-order chi connectivity index (χ1) is 9.46. The van der Waals surface area contributed by atoms with Crippen molar-refractivity contribution in [2.24, 2.45) is 0 Å². The topological polar surface area (TPSA) is 15.3 Å². The van der Waals surface area contributed by atoms with Gasteiger partial charge in [0.1, 0.15) is 11.6 Å². The molecule has 2 atom stereocenters. The summed E-state index contributed by atoms with van der Waals surface area (Å²) in [5.41, 5.74) is 0.744. The fraction of sp³-hybridized carbons (Fsp3) is 0.625. The van der Waals surface area contributed by atoms with Crippen molar-refractivity contribution in [3.63, 3.8) is 0 Å². The molecule has 4 heteroatoms. The van der Waals surface area contributed by atoms with Crippen LogP contribution in [0.5, 0.6) is 0 Å². The molecule has 2 unspecified atom stereocenters. The number of piperazine rings is 1. The lowest BCUT2D eigenvalue weighted by Crippen LogP contribution is -2.62. The fourth-order valence-electron chi connectivity index (χ4n) is 2.83. The van der Waals surface area contributed by atoms with E-state index in [-0.39, 0.29) is 5.54 Å². The van der Waals surface area contributed by atoms with Gasteiger partial charge < -0.3 is 5.32 Å². The van der Waals surface area contributed by atoms with Crippen LogP contribution in [-0.4, -0.2) is 29.6 Å². The maximum atomic E-state index is 13.3. The largest absolute Gasteiger partial charge is 0.311 e. The minimum atomic E-state index is -0.500. The summed E-state index contributed by atoms with van der Waals surface area (Å²) in [5, 5.41) is 3.56. The highest BCUT2D eigenvalue weighted by Crippen LogP contribution is 2.26. The molecule has 1 heterocycles. The first-order valence-corrected chi connectivity index (χ1v) is 7.40. The average Bonchev–Trinajstić information content (AvgIpc) is 2.40. The normalized spacial score (nSPS) is 27.8. The molecule has 20 heavy (non-hydrogen) atoms. The highest BCUT2D eigenvalue weighted by Gasteiger charge is 2.35. The minimum absolute atomic E-state index is 0.0362. The standard InChI is InChI=1S/C16H24F2N2/c1-4-15-10-20(16(3,5-2)11-19-15)9-12-6-13(17)8-14(18)7-12/h6-8,15,19H,4-5,9-11H2,1-3H3. The van der Waals surface area contributed by atoms with Crippen molar-refractivity contribution in [3.8, 4) is 0 Å². The van der Waals surface area contributed by atoms with Gasteiger partial charge in [0.2, 0.25) is 0 Å². The van der Waals surface area contributed by atoms with Crippen molar-refractivity contribution in [2.75, 3.05) is 13.1 Å². The SMILES string of the molecule is CCC1CN(Cc2cc(F)cc(F)c2)C(C)(CC)CN1.